The molecule has 47 heavy (non-hydrogen) atoms. The van der Waals surface area contributed by atoms with Crippen LogP contribution in [0.5, 0.6) is 11.5 Å². The van der Waals surface area contributed by atoms with Crippen LogP contribution in [0.2, 0.25) is 5.02 Å². The SMILES string of the molecule is CCCP(=O)(O)O.COC(=O)Cc1nc(-c2ccc(Cl)cc2)sc1C(=O)Nc1ccc(OC2CN(C(=O)OC(C)(C)C)C2)c(OC)c1. The Balaban J connectivity index is 0.000000771. The summed E-state index contributed by atoms with van der Waals surface area (Å²) in [4.78, 5) is 60.1. The number of methoxy groups -OCH3 is 2. The molecule has 0 spiro atoms. The third-order valence-corrected chi connectivity index (χ3v) is 8.69. The van der Waals surface area contributed by atoms with Gasteiger partial charge in [-0.25, -0.2) is 9.78 Å². The average molecular weight is 712 g/mol. The highest BCUT2D eigenvalue weighted by molar-refractivity contribution is 7.51. The van der Waals surface area contributed by atoms with Crippen LogP contribution < -0.4 is 14.8 Å². The second kappa shape index (κ2) is 16.4. The van der Waals surface area contributed by atoms with E-state index in [0.29, 0.717) is 52.4 Å². The van der Waals surface area contributed by atoms with Gasteiger partial charge in [0.2, 0.25) is 0 Å². The molecule has 4 rings (SSSR count). The summed E-state index contributed by atoms with van der Waals surface area (Å²) in [5.41, 5.74) is 0.974. The van der Waals surface area contributed by atoms with Crippen molar-refractivity contribution in [3.8, 4) is 22.1 Å². The lowest BCUT2D eigenvalue weighted by Crippen LogP contribution is -2.57. The molecule has 2 heterocycles. The van der Waals surface area contributed by atoms with E-state index in [1.807, 2.05) is 20.8 Å². The predicted molar refractivity (Wildman–Crippen MR) is 179 cm³/mol. The summed E-state index contributed by atoms with van der Waals surface area (Å²) >= 11 is 7.16. The van der Waals surface area contributed by atoms with Crippen LogP contribution in [0.1, 0.15) is 49.5 Å². The first-order chi connectivity index (χ1) is 22.0. The Bertz CT molecular complexity index is 1600. The molecule has 1 aromatic heterocycles. The molecule has 0 unspecified atom stereocenters. The number of benzene rings is 2. The van der Waals surface area contributed by atoms with Gasteiger partial charge < -0.3 is 39.0 Å². The maximum Gasteiger partial charge on any atom is 0.410 e. The van der Waals surface area contributed by atoms with E-state index in [0.717, 1.165) is 16.9 Å². The first kappa shape index (κ1) is 37.8. The molecule has 0 saturated carbocycles. The third kappa shape index (κ3) is 11.8. The lowest BCUT2D eigenvalue weighted by Gasteiger charge is -2.39. The molecule has 0 radical (unpaired) electrons. The quantitative estimate of drug-likeness (QED) is 0.166. The topological polar surface area (TPSA) is 174 Å². The number of hydrogen-bond acceptors (Lipinski definition) is 10. The Labute approximate surface area is 282 Å². The number of halogens is 1. The molecule has 1 aliphatic heterocycles. The van der Waals surface area contributed by atoms with Crippen LogP contribution in [0.15, 0.2) is 42.5 Å². The number of hydrogen-bond donors (Lipinski definition) is 3. The molecule has 0 aliphatic carbocycles. The maximum atomic E-state index is 13.3. The van der Waals surface area contributed by atoms with Gasteiger partial charge in [-0.05, 0) is 51.5 Å². The van der Waals surface area contributed by atoms with E-state index < -0.39 is 25.1 Å². The number of esters is 1. The Morgan fingerprint density at radius 1 is 1.09 bits per heavy atom. The monoisotopic (exact) mass is 711 g/mol. The molecule has 3 N–H and O–H groups in total. The van der Waals surface area contributed by atoms with Crippen LogP contribution in [0.25, 0.3) is 10.6 Å². The van der Waals surface area contributed by atoms with Gasteiger partial charge in [0.15, 0.2) is 11.5 Å². The van der Waals surface area contributed by atoms with E-state index in [1.54, 1.807) is 54.3 Å². The van der Waals surface area contributed by atoms with Crippen molar-refractivity contribution in [2.75, 3.05) is 38.8 Å². The minimum absolute atomic E-state index is 0.00694. The van der Waals surface area contributed by atoms with Crippen molar-refractivity contribution in [1.82, 2.24) is 9.88 Å². The molecular formula is C31H39ClN3O10PS. The largest absolute Gasteiger partial charge is 0.493 e. The fourth-order valence-corrected chi connectivity index (χ4v) is 5.75. The van der Waals surface area contributed by atoms with Crippen LogP contribution >= 0.6 is 30.5 Å². The number of ether oxygens (including phenoxy) is 4. The zero-order valence-corrected chi connectivity index (χ0v) is 29.4. The first-order valence-electron chi connectivity index (χ1n) is 14.5. The summed E-state index contributed by atoms with van der Waals surface area (Å²) < 4.78 is 31.6. The van der Waals surface area contributed by atoms with Gasteiger partial charge in [0.1, 0.15) is 21.6 Å². The van der Waals surface area contributed by atoms with E-state index >= 15 is 0 Å². The number of amides is 2. The summed E-state index contributed by atoms with van der Waals surface area (Å²) in [5.74, 6) is -0.0521. The van der Waals surface area contributed by atoms with Crippen molar-refractivity contribution >= 4 is 54.2 Å². The fraction of sp³-hybridized carbons (Fsp3) is 0.419. The van der Waals surface area contributed by atoms with Crippen LogP contribution in [-0.4, -0.2) is 82.8 Å². The van der Waals surface area contributed by atoms with Crippen molar-refractivity contribution in [2.24, 2.45) is 0 Å². The van der Waals surface area contributed by atoms with Gasteiger partial charge in [-0.3, -0.25) is 14.2 Å². The van der Waals surface area contributed by atoms with Crippen LogP contribution in [0, 0.1) is 0 Å². The van der Waals surface area contributed by atoms with E-state index in [-0.39, 0.29) is 29.7 Å². The number of thiazole rings is 1. The molecule has 0 bridgehead atoms. The van der Waals surface area contributed by atoms with Crippen molar-refractivity contribution in [2.45, 2.75) is 52.2 Å². The van der Waals surface area contributed by atoms with Crippen LogP contribution in [0.3, 0.4) is 0 Å². The number of carbonyl (C=O) groups is 3. The van der Waals surface area contributed by atoms with Gasteiger partial charge in [-0.15, -0.1) is 11.3 Å². The van der Waals surface area contributed by atoms with E-state index in [1.165, 1.54) is 14.2 Å². The molecule has 16 heteroatoms. The van der Waals surface area contributed by atoms with Gasteiger partial charge in [0.25, 0.3) is 5.91 Å². The number of aromatic nitrogens is 1. The molecule has 2 amide bonds. The van der Waals surface area contributed by atoms with Gasteiger partial charge in [-0.1, -0.05) is 30.7 Å². The third-order valence-electron chi connectivity index (χ3n) is 6.26. The Morgan fingerprint density at radius 3 is 2.28 bits per heavy atom. The number of rotatable bonds is 10. The second-order valence-electron chi connectivity index (χ2n) is 11.4. The number of nitrogens with zero attached hydrogens (tertiary/aromatic N) is 2. The number of nitrogens with one attached hydrogen (secondary N) is 1. The zero-order valence-electron chi connectivity index (χ0n) is 26.9. The van der Waals surface area contributed by atoms with Crippen molar-refractivity contribution in [3.63, 3.8) is 0 Å². The van der Waals surface area contributed by atoms with Gasteiger partial charge in [0, 0.05) is 28.5 Å². The molecule has 256 valence electrons. The lowest BCUT2D eigenvalue weighted by atomic mass is 10.1. The van der Waals surface area contributed by atoms with E-state index in [2.05, 4.69) is 10.3 Å². The highest BCUT2D eigenvalue weighted by Crippen LogP contribution is 2.35. The molecule has 2 aromatic carbocycles. The van der Waals surface area contributed by atoms with Crippen molar-refractivity contribution < 1.29 is 47.7 Å². The molecule has 3 aromatic rings. The Kier molecular flexibility index (Phi) is 13.2. The normalized spacial score (nSPS) is 13.1. The second-order valence-corrected chi connectivity index (χ2v) is 14.6. The summed E-state index contributed by atoms with van der Waals surface area (Å²) in [6.07, 6.45) is -0.198. The molecule has 1 saturated heterocycles. The minimum atomic E-state index is -3.67. The summed E-state index contributed by atoms with van der Waals surface area (Å²) in [7, 11) is -0.887. The number of carbonyl (C=O) groups excluding carboxylic acids is 3. The van der Waals surface area contributed by atoms with E-state index in [4.69, 9.17) is 40.3 Å². The zero-order chi connectivity index (χ0) is 34.9. The Hall–Kier alpha value is -3.68. The minimum Gasteiger partial charge on any atom is -0.493 e. The molecule has 1 fully saturated rings. The fourth-order valence-electron chi connectivity index (χ4n) is 4.06. The highest BCUT2D eigenvalue weighted by atomic mass is 35.5. The summed E-state index contributed by atoms with van der Waals surface area (Å²) in [6.45, 7) is 7.97. The predicted octanol–water partition coefficient (Wildman–Crippen LogP) is 6.01. The van der Waals surface area contributed by atoms with Crippen molar-refractivity contribution in [3.05, 3.63) is 58.1 Å². The molecule has 0 atom stereocenters. The van der Waals surface area contributed by atoms with Crippen LogP contribution in [-0.2, 0) is 25.3 Å². The van der Waals surface area contributed by atoms with Gasteiger partial charge in [-0.2, -0.15) is 0 Å². The number of likely N-dealkylation sites (tertiary alicyclic amines) is 1. The molecule has 1 aliphatic rings. The highest BCUT2D eigenvalue weighted by Gasteiger charge is 2.35. The first-order valence-corrected chi connectivity index (χ1v) is 17.5. The maximum absolute atomic E-state index is 13.3. The lowest BCUT2D eigenvalue weighted by molar-refractivity contribution is -0.139. The Morgan fingerprint density at radius 2 is 1.74 bits per heavy atom. The smallest absolute Gasteiger partial charge is 0.410 e. The van der Waals surface area contributed by atoms with Crippen molar-refractivity contribution in [1.29, 1.82) is 0 Å². The standard InChI is InChI=1S/C28H30ClN3O7S.C3H9O3P/c1-28(2,3)39-27(35)32-14-19(15-32)38-21-11-10-18(12-22(21)36-4)30-25(34)24-20(13-23(33)37-5)31-26(40-24)16-6-8-17(29)9-7-16;1-2-3-7(4,5)6/h6-12,19H,13-15H2,1-5H3,(H,30,34);2-3H2,1H3,(H2,4,5,6). The summed E-state index contributed by atoms with van der Waals surface area (Å²) in [6, 6.07) is 12.1. The average Bonchev–Trinajstić information content (AvgIpc) is 3.37. The molecular weight excluding hydrogens is 673 g/mol. The van der Waals surface area contributed by atoms with Crippen LogP contribution in [0.4, 0.5) is 10.5 Å². The molecule has 13 nitrogen and oxygen atoms in total. The number of anilines is 1. The van der Waals surface area contributed by atoms with Gasteiger partial charge in [0.05, 0.1) is 39.4 Å². The van der Waals surface area contributed by atoms with E-state index in [9.17, 15) is 18.9 Å². The summed E-state index contributed by atoms with van der Waals surface area (Å²) in [5, 5.41) is 3.99. The van der Waals surface area contributed by atoms with Gasteiger partial charge >= 0.3 is 19.7 Å².